The highest BCUT2D eigenvalue weighted by molar-refractivity contribution is 5.96. The van der Waals surface area contributed by atoms with E-state index in [0.717, 1.165) is 35.2 Å². The highest BCUT2D eigenvalue weighted by Crippen LogP contribution is 2.36. The first-order chi connectivity index (χ1) is 20.9. The summed E-state index contributed by atoms with van der Waals surface area (Å²) < 4.78 is 3.71. The SMILES string of the molecule is Cc1cc2nc(-c3cccnc3N)n(-c3ccc4c(c3)CC[C@@H]4NC(=O)c3ccc(O)c(C=O)c3)c2nc1-n1cccn1. The lowest BCUT2D eigenvalue weighted by atomic mass is 10.1. The van der Waals surface area contributed by atoms with E-state index < -0.39 is 0 Å². The van der Waals surface area contributed by atoms with Crippen molar-refractivity contribution < 1.29 is 14.7 Å². The molecule has 0 unspecified atom stereocenters. The zero-order valence-electron chi connectivity index (χ0n) is 23.1. The summed E-state index contributed by atoms with van der Waals surface area (Å²) in [5.74, 6) is 1.20. The molecule has 1 aliphatic carbocycles. The van der Waals surface area contributed by atoms with Crippen molar-refractivity contribution in [2.24, 2.45) is 0 Å². The molecule has 0 bridgehead atoms. The molecule has 2 aromatic carbocycles. The maximum atomic E-state index is 13.0. The number of nitrogen functional groups attached to an aromatic ring is 1. The highest BCUT2D eigenvalue weighted by atomic mass is 16.3. The van der Waals surface area contributed by atoms with Crippen LogP contribution in [0.1, 0.15) is 49.9 Å². The molecule has 0 saturated heterocycles. The van der Waals surface area contributed by atoms with Crippen LogP contribution in [0.2, 0.25) is 0 Å². The molecule has 0 radical (unpaired) electrons. The third kappa shape index (κ3) is 4.47. The summed E-state index contributed by atoms with van der Waals surface area (Å²) in [4.78, 5) is 38.5. The Morgan fingerprint density at radius 3 is 2.77 bits per heavy atom. The van der Waals surface area contributed by atoms with Gasteiger partial charge in [-0.15, -0.1) is 0 Å². The number of pyridine rings is 2. The lowest BCUT2D eigenvalue weighted by Gasteiger charge is -2.16. The second-order valence-corrected chi connectivity index (χ2v) is 10.5. The molecule has 43 heavy (non-hydrogen) atoms. The molecule has 0 fully saturated rings. The van der Waals surface area contributed by atoms with Crippen molar-refractivity contribution in [3.63, 3.8) is 0 Å². The molecule has 11 nitrogen and oxygen atoms in total. The molecule has 1 amide bonds. The second kappa shape index (κ2) is 10.2. The number of anilines is 1. The van der Waals surface area contributed by atoms with Gasteiger partial charge in [-0.05, 0) is 91.1 Å². The molecule has 0 spiro atoms. The number of nitrogens with one attached hydrogen (secondary N) is 1. The minimum Gasteiger partial charge on any atom is -0.507 e. The summed E-state index contributed by atoms with van der Waals surface area (Å²) in [5, 5.41) is 17.3. The van der Waals surface area contributed by atoms with Crippen LogP contribution in [-0.4, -0.2) is 46.6 Å². The van der Waals surface area contributed by atoms with Gasteiger partial charge in [-0.25, -0.2) is 19.6 Å². The molecule has 1 atom stereocenters. The number of carbonyl (C=O) groups excluding carboxylic acids is 2. The van der Waals surface area contributed by atoms with Gasteiger partial charge in [0.25, 0.3) is 5.91 Å². The van der Waals surface area contributed by atoms with Gasteiger partial charge < -0.3 is 16.2 Å². The van der Waals surface area contributed by atoms with Gasteiger partial charge in [0.15, 0.2) is 23.6 Å². The number of rotatable bonds is 6. The second-order valence-electron chi connectivity index (χ2n) is 10.5. The van der Waals surface area contributed by atoms with Gasteiger partial charge in [-0.3, -0.25) is 14.2 Å². The fourth-order valence-corrected chi connectivity index (χ4v) is 5.67. The molecule has 4 aromatic heterocycles. The fourth-order valence-electron chi connectivity index (χ4n) is 5.67. The van der Waals surface area contributed by atoms with Crippen LogP contribution < -0.4 is 11.1 Å². The van der Waals surface area contributed by atoms with E-state index in [2.05, 4.69) is 21.5 Å². The number of aryl methyl sites for hydroxylation is 2. The van der Waals surface area contributed by atoms with Crippen LogP contribution in [0.5, 0.6) is 5.75 Å². The summed E-state index contributed by atoms with van der Waals surface area (Å²) in [5.41, 5.74) is 12.6. The average Bonchev–Trinajstić information content (AvgIpc) is 3.76. The molecule has 0 saturated carbocycles. The van der Waals surface area contributed by atoms with Gasteiger partial charge in [-0.1, -0.05) is 6.07 Å². The third-order valence-corrected chi connectivity index (χ3v) is 7.78. The van der Waals surface area contributed by atoms with Crippen LogP contribution in [0.15, 0.2) is 79.3 Å². The predicted molar refractivity (Wildman–Crippen MR) is 160 cm³/mol. The molecule has 0 aliphatic heterocycles. The predicted octanol–water partition coefficient (Wildman–Crippen LogP) is 4.49. The Hall–Kier alpha value is -5.84. The van der Waals surface area contributed by atoms with E-state index in [-0.39, 0.29) is 23.3 Å². The third-order valence-electron chi connectivity index (χ3n) is 7.78. The minimum atomic E-state index is -0.314. The van der Waals surface area contributed by atoms with Crippen molar-refractivity contribution in [3.05, 3.63) is 107 Å². The Morgan fingerprint density at radius 2 is 1.98 bits per heavy atom. The number of phenols is 1. The molecule has 7 rings (SSSR count). The molecule has 212 valence electrons. The average molecular weight is 571 g/mol. The van der Waals surface area contributed by atoms with E-state index in [1.807, 2.05) is 54.1 Å². The summed E-state index contributed by atoms with van der Waals surface area (Å²) in [6.45, 7) is 1.97. The number of carbonyl (C=O) groups is 2. The number of nitrogens with zero attached hydrogens (tertiary/aromatic N) is 6. The van der Waals surface area contributed by atoms with Crippen LogP contribution in [0.3, 0.4) is 0 Å². The monoisotopic (exact) mass is 570 g/mol. The van der Waals surface area contributed by atoms with Gasteiger partial charge in [0, 0.05) is 29.8 Å². The molecule has 11 heteroatoms. The molecular formula is C32H26N8O3. The summed E-state index contributed by atoms with van der Waals surface area (Å²) in [7, 11) is 0. The number of aldehydes is 1. The van der Waals surface area contributed by atoms with Crippen LogP contribution in [0, 0.1) is 6.92 Å². The minimum absolute atomic E-state index is 0.0706. The number of aromatic nitrogens is 6. The van der Waals surface area contributed by atoms with Gasteiger partial charge in [0.1, 0.15) is 17.1 Å². The van der Waals surface area contributed by atoms with Gasteiger partial charge in [0.2, 0.25) is 0 Å². The van der Waals surface area contributed by atoms with E-state index in [1.54, 1.807) is 17.1 Å². The maximum Gasteiger partial charge on any atom is 0.251 e. The van der Waals surface area contributed by atoms with E-state index in [1.165, 1.54) is 18.2 Å². The van der Waals surface area contributed by atoms with Gasteiger partial charge in [-0.2, -0.15) is 5.10 Å². The largest absolute Gasteiger partial charge is 0.507 e. The van der Waals surface area contributed by atoms with Crippen molar-refractivity contribution >= 4 is 29.2 Å². The number of benzene rings is 2. The summed E-state index contributed by atoms with van der Waals surface area (Å²) in [6, 6.07) is 17.7. The molecular weight excluding hydrogens is 544 g/mol. The van der Waals surface area contributed by atoms with E-state index in [4.69, 9.17) is 15.7 Å². The Labute approximate surface area is 245 Å². The van der Waals surface area contributed by atoms with Crippen molar-refractivity contribution in [3.8, 4) is 28.6 Å². The number of fused-ring (bicyclic) bond motifs is 2. The number of hydrogen-bond acceptors (Lipinski definition) is 8. The lowest BCUT2D eigenvalue weighted by Crippen LogP contribution is -2.27. The first kappa shape index (κ1) is 26.1. The first-order valence-electron chi connectivity index (χ1n) is 13.7. The maximum absolute atomic E-state index is 13.0. The van der Waals surface area contributed by atoms with Crippen molar-refractivity contribution in [1.82, 2.24) is 34.6 Å². The Morgan fingerprint density at radius 1 is 1.09 bits per heavy atom. The van der Waals surface area contributed by atoms with Crippen molar-refractivity contribution in [1.29, 1.82) is 0 Å². The van der Waals surface area contributed by atoms with E-state index in [9.17, 15) is 14.7 Å². The smallest absolute Gasteiger partial charge is 0.251 e. The number of aromatic hydroxyl groups is 1. The number of hydrogen-bond donors (Lipinski definition) is 3. The summed E-state index contributed by atoms with van der Waals surface area (Å²) in [6.07, 6.45) is 7.21. The van der Waals surface area contributed by atoms with Crippen LogP contribution >= 0.6 is 0 Å². The zero-order chi connectivity index (χ0) is 29.7. The number of amides is 1. The Kier molecular flexibility index (Phi) is 6.19. The lowest BCUT2D eigenvalue weighted by molar-refractivity contribution is 0.0936. The highest BCUT2D eigenvalue weighted by Gasteiger charge is 2.27. The van der Waals surface area contributed by atoms with Crippen molar-refractivity contribution in [2.75, 3.05) is 5.73 Å². The number of phenolic OH excluding ortho intramolecular Hbond substituents is 1. The number of imidazole rings is 1. The number of nitrogens with two attached hydrogens (primary N) is 1. The van der Waals surface area contributed by atoms with Gasteiger partial charge in [0.05, 0.1) is 17.2 Å². The van der Waals surface area contributed by atoms with Crippen LogP contribution in [0.4, 0.5) is 5.82 Å². The molecule has 4 N–H and O–H groups in total. The molecule has 4 heterocycles. The van der Waals surface area contributed by atoms with E-state index >= 15 is 0 Å². The Balaban J connectivity index is 1.30. The standard InChI is InChI=1S/C32H26N8O3/c1-18-14-26-31(38-29(18)39-13-3-12-35-39)40(30(36-26)24-4-2-11-34-28(24)33)22-7-8-23-19(16-22)5-9-25(23)37-32(43)20-6-10-27(42)21(15-20)17-41/h2-4,6-8,10-17,25,42H,5,9H2,1H3,(H2,33,34)(H,37,43)/t25-/m0/s1. The normalized spacial score (nSPS) is 14.1. The Bertz CT molecular complexity index is 2050. The quantitative estimate of drug-likeness (QED) is 0.248. The van der Waals surface area contributed by atoms with Crippen LogP contribution in [0.25, 0.3) is 34.1 Å². The summed E-state index contributed by atoms with van der Waals surface area (Å²) >= 11 is 0. The fraction of sp³-hybridized carbons (Fsp3) is 0.125. The molecule has 1 aliphatic rings. The van der Waals surface area contributed by atoms with Gasteiger partial charge >= 0.3 is 0 Å². The van der Waals surface area contributed by atoms with E-state index in [0.29, 0.717) is 46.0 Å². The van der Waals surface area contributed by atoms with Crippen LogP contribution in [-0.2, 0) is 6.42 Å². The topological polar surface area (TPSA) is 154 Å². The zero-order valence-corrected chi connectivity index (χ0v) is 23.1. The first-order valence-corrected chi connectivity index (χ1v) is 13.7. The van der Waals surface area contributed by atoms with Crippen molar-refractivity contribution in [2.45, 2.75) is 25.8 Å². The molecule has 6 aromatic rings.